The number of pyridine rings is 1. The fraction of sp³-hybridized carbons (Fsp3) is 0.192. The van der Waals surface area contributed by atoms with Crippen LogP contribution >= 0.6 is 11.6 Å². The van der Waals surface area contributed by atoms with Gasteiger partial charge in [-0.25, -0.2) is 14.2 Å². The van der Waals surface area contributed by atoms with Crippen LogP contribution in [0.4, 0.5) is 11.6 Å². The second-order valence-electron chi connectivity index (χ2n) is 8.08. The maximum Gasteiger partial charge on any atom is 0.355 e. The Labute approximate surface area is 212 Å². The summed E-state index contributed by atoms with van der Waals surface area (Å²) >= 11 is 5.99. The van der Waals surface area contributed by atoms with Crippen LogP contribution < -0.4 is 21.4 Å². The topological polar surface area (TPSA) is 108 Å². The van der Waals surface area contributed by atoms with Crippen LogP contribution in [0.3, 0.4) is 0 Å². The van der Waals surface area contributed by atoms with E-state index in [1.54, 1.807) is 67.7 Å². The number of nitrogens with zero attached hydrogens (tertiary/aromatic N) is 4. The standard InChI is InChI=1S/C26H24ClN5O4/c1-3-21(33)16-32-25(34)30-24(31(26(32)35)15-18-4-6-19(27)7-5-18)29-20-8-10-22(11-9-20)36-23-12-13-28-17(2)14-23/h4-14H,3,15-16H2,1-2H3,(H,29,30,34). The zero-order chi connectivity index (χ0) is 25.7. The highest BCUT2D eigenvalue weighted by molar-refractivity contribution is 6.30. The number of ether oxygens (including phenoxy) is 1. The number of ketones is 1. The van der Waals surface area contributed by atoms with Crippen LogP contribution in [0.5, 0.6) is 11.5 Å². The van der Waals surface area contributed by atoms with Gasteiger partial charge >= 0.3 is 11.4 Å². The quantitative estimate of drug-likeness (QED) is 0.360. The lowest BCUT2D eigenvalue weighted by molar-refractivity contribution is -0.119. The Morgan fingerprint density at radius 2 is 1.72 bits per heavy atom. The first-order valence-corrected chi connectivity index (χ1v) is 11.7. The predicted octanol–water partition coefficient (Wildman–Crippen LogP) is 4.33. The zero-order valence-corrected chi connectivity index (χ0v) is 20.5. The number of hydrogen-bond donors (Lipinski definition) is 1. The van der Waals surface area contributed by atoms with Crippen LogP contribution in [-0.4, -0.2) is 24.9 Å². The molecule has 0 spiro atoms. The highest BCUT2D eigenvalue weighted by Crippen LogP contribution is 2.24. The molecule has 0 aliphatic rings. The van der Waals surface area contributed by atoms with Gasteiger partial charge in [0.2, 0.25) is 5.95 Å². The average Bonchev–Trinajstić information content (AvgIpc) is 2.86. The van der Waals surface area contributed by atoms with E-state index in [1.807, 2.05) is 13.0 Å². The van der Waals surface area contributed by atoms with E-state index in [4.69, 9.17) is 16.3 Å². The van der Waals surface area contributed by atoms with Gasteiger partial charge in [-0.2, -0.15) is 4.98 Å². The van der Waals surface area contributed by atoms with Gasteiger partial charge in [0, 0.05) is 35.1 Å². The van der Waals surface area contributed by atoms with Crippen LogP contribution in [0.25, 0.3) is 0 Å². The van der Waals surface area contributed by atoms with Crippen LogP contribution in [0, 0.1) is 6.92 Å². The summed E-state index contributed by atoms with van der Waals surface area (Å²) in [4.78, 5) is 46.1. The molecule has 2 aromatic heterocycles. The van der Waals surface area contributed by atoms with Gasteiger partial charge in [0.1, 0.15) is 11.5 Å². The van der Waals surface area contributed by atoms with E-state index >= 15 is 0 Å². The number of nitrogens with one attached hydrogen (secondary N) is 1. The van der Waals surface area contributed by atoms with E-state index < -0.39 is 11.4 Å². The minimum Gasteiger partial charge on any atom is -0.457 e. The summed E-state index contributed by atoms with van der Waals surface area (Å²) < 4.78 is 8.01. The summed E-state index contributed by atoms with van der Waals surface area (Å²) in [5.41, 5.74) is 0.763. The number of rotatable bonds is 9. The van der Waals surface area contributed by atoms with E-state index in [-0.39, 0.29) is 31.2 Å². The lowest BCUT2D eigenvalue weighted by atomic mass is 10.2. The van der Waals surface area contributed by atoms with Crippen molar-refractivity contribution in [2.24, 2.45) is 0 Å². The number of carbonyl (C=O) groups excluding carboxylic acids is 1. The lowest BCUT2D eigenvalue weighted by Gasteiger charge is -2.16. The molecule has 2 heterocycles. The van der Waals surface area contributed by atoms with E-state index in [0.717, 1.165) is 15.8 Å². The summed E-state index contributed by atoms with van der Waals surface area (Å²) in [5.74, 6) is 1.08. The number of aryl methyl sites for hydroxylation is 1. The molecule has 4 aromatic rings. The van der Waals surface area contributed by atoms with Crippen molar-refractivity contribution in [1.29, 1.82) is 0 Å². The lowest BCUT2D eigenvalue weighted by Crippen LogP contribution is -2.44. The first-order valence-electron chi connectivity index (χ1n) is 11.3. The van der Waals surface area contributed by atoms with Crippen molar-refractivity contribution in [3.05, 3.63) is 104 Å². The number of benzene rings is 2. The monoisotopic (exact) mass is 505 g/mol. The largest absolute Gasteiger partial charge is 0.457 e. The third-order valence-corrected chi connectivity index (χ3v) is 5.60. The van der Waals surface area contributed by atoms with Gasteiger partial charge in [0.25, 0.3) is 0 Å². The second kappa shape index (κ2) is 11.0. The molecule has 0 atom stereocenters. The SMILES string of the molecule is CCC(=O)Cn1c(=O)nc(Nc2ccc(Oc3ccnc(C)c3)cc2)n(Cc2ccc(Cl)cc2)c1=O. The van der Waals surface area contributed by atoms with Crippen molar-refractivity contribution in [3.8, 4) is 11.5 Å². The number of hydrogen-bond acceptors (Lipinski definition) is 7. The summed E-state index contributed by atoms with van der Waals surface area (Å²) in [6.07, 6.45) is 1.87. The van der Waals surface area contributed by atoms with E-state index in [9.17, 15) is 14.4 Å². The number of aromatic nitrogens is 4. The van der Waals surface area contributed by atoms with Crippen LogP contribution in [0.2, 0.25) is 5.02 Å². The van der Waals surface area contributed by atoms with Gasteiger partial charge in [0.05, 0.1) is 13.1 Å². The molecule has 0 bridgehead atoms. The summed E-state index contributed by atoms with van der Waals surface area (Å²) in [5, 5.41) is 3.60. The molecular weight excluding hydrogens is 482 g/mol. The molecule has 0 fully saturated rings. The van der Waals surface area contributed by atoms with E-state index in [0.29, 0.717) is 22.2 Å². The molecule has 10 heteroatoms. The third kappa shape index (κ3) is 6.05. The molecule has 9 nitrogen and oxygen atoms in total. The Hall–Kier alpha value is -4.24. The first kappa shape index (κ1) is 24.9. The molecule has 1 N–H and O–H groups in total. The third-order valence-electron chi connectivity index (χ3n) is 5.35. The van der Waals surface area contributed by atoms with Crippen molar-refractivity contribution in [1.82, 2.24) is 19.1 Å². The van der Waals surface area contributed by atoms with Gasteiger partial charge in [-0.15, -0.1) is 0 Å². The van der Waals surface area contributed by atoms with Crippen molar-refractivity contribution in [3.63, 3.8) is 0 Å². The predicted molar refractivity (Wildman–Crippen MR) is 137 cm³/mol. The molecule has 0 amide bonds. The number of carbonyl (C=O) groups is 1. The highest BCUT2D eigenvalue weighted by Gasteiger charge is 2.16. The molecule has 0 radical (unpaired) electrons. The molecule has 0 saturated heterocycles. The minimum absolute atomic E-state index is 0.0542. The Morgan fingerprint density at radius 1 is 1.00 bits per heavy atom. The molecule has 0 aliphatic heterocycles. The Kier molecular flexibility index (Phi) is 7.60. The van der Waals surface area contributed by atoms with Gasteiger partial charge in [0.15, 0.2) is 5.78 Å². The van der Waals surface area contributed by atoms with E-state index in [2.05, 4.69) is 15.3 Å². The van der Waals surface area contributed by atoms with Crippen LogP contribution in [0.1, 0.15) is 24.6 Å². The fourth-order valence-electron chi connectivity index (χ4n) is 3.42. The normalized spacial score (nSPS) is 10.8. The first-order chi connectivity index (χ1) is 17.3. The molecule has 184 valence electrons. The van der Waals surface area contributed by atoms with Crippen molar-refractivity contribution >= 4 is 29.0 Å². The molecule has 0 unspecified atom stereocenters. The van der Waals surface area contributed by atoms with Crippen LogP contribution in [0.15, 0.2) is 76.4 Å². The average molecular weight is 506 g/mol. The summed E-state index contributed by atoms with van der Waals surface area (Å²) in [6, 6.07) is 17.5. The van der Waals surface area contributed by atoms with Crippen LogP contribution in [-0.2, 0) is 17.9 Å². The van der Waals surface area contributed by atoms with E-state index in [1.165, 1.54) is 4.57 Å². The van der Waals surface area contributed by atoms with Gasteiger partial charge in [-0.1, -0.05) is 30.7 Å². The number of halogens is 1. The van der Waals surface area contributed by atoms with Crippen molar-refractivity contribution in [2.75, 3.05) is 5.32 Å². The highest BCUT2D eigenvalue weighted by atomic mass is 35.5. The van der Waals surface area contributed by atoms with Crippen molar-refractivity contribution < 1.29 is 9.53 Å². The zero-order valence-electron chi connectivity index (χ0n) is 19.8. The molecule has 2 aromatic carbocycles. The molecule has 36 heavy (non-hydrogen) atoms. The Balaban J connectivity index is 1.65. The number of Topliss-reactive ketones (excluding diaryl/α,β-unsaturated/α-hetero) is 1. The molecule has 0 aliphatic carbocycles. The Morgan fingerprint density at radius 3 is 2.39 bits per heavy atom. The molecule has 0 saturated carbocycles. The maximum absolute atomic E-state index is 13.3. The van der Waals surface area contributed by atoms with Gasteiger partial charge in [-0.3, -0.25) is 14.3 Å². The number of anilines is 2. The molecule has 4 rings (SSSR count). The van der Waals surface area contributed by atoms with Crippen molar-refractivity contribution in [2.45, 2.75) is 33.4 Å². The maximum atomic E-state index is 13.3. The minimum atomic E-state index is -0.801. The Bertz CT molecular complexity index is 1500. The van der Waals surface area contributed by atoms with Gasteiger partial charge in [-0.05, 0) is 55.0 Å². The molecular formula is C26H24ClN5O4. The second-order valence-corrected chi connectivity index (χ2v) is 8.51. The smallest absolute Gasteiger partial charge is 0.355 e. The van der Waals surface area contributed by atoms with Gasteiger partial charge < -0.3 is 10.1 Å². The summed E-state index contributed by atoms with van der Waals surface area (Å²) in [6.45, 7) is 3.34. The fourth-order valence-corrected chi connectivity index (χ4v) is 3.54. The summed E-state index contributed by atoms with van der Waals surface area (Å²) in [7, 11) is 0.